The fourth-order valence-electron chi connectivity index (χ4n) is 4.38. The van der Waals surface area contributed by atoms with Gasteiger partial charge in [-0.3, -0.25) is 9.69 Å². The largest absolute Gasteiger partial charge is 0.465 e. The van der Waals surface area contributed by atoms with Crippen LogP contribution in [0.5, 0.6) is 0 Å². The van der Waals surface area contributed by atoms with Gasteiger partial charge < -0.3 is 14.8 Å². The van der Waals surface area contributed by atoms with Gasteiger partial charge in [0.15, 0.2) is 0 Å². The van der Waals surface area contributed by atoms with E-state index in [-0.39, 0.29) is 16.8 Å². The Kier molecular flexibility index (Phi) is 8.98. The van der Waals surface area contributed by atoms with Crippen LogP contribution >= 0.6 is 0 Å². The molecule has 1 amide bonds. The third kappa shape index (κ3) is 6.74. The van der Waals surface area contributed by atoms with E-state index in [2.05, 4.69) is 10.2 Å². The molecular formula is C29H31N3O7S. The zero-order chi connectivity index (χ0) is 28.9. The van der Waals surface area contributed by atoms with Crippen LogP contribution in [0, 0.1) is 6.92 Å². The molecule has 0 atom stereocenters. The van der Waals surface area contributed by atoms with Crippen molar-refractivity contribution in [2.45, 2.75) is 18.4 Å². The first kappa shape index (κ1) is 28.9. The molecule has 210 valence electrons. The summed E-state index contributed by atoms with van der Waals surface area (Å²) in [7, 11) is -1.08. The van der Waals surface area contributed by atoms with Crippen LogP contribution in [0.15, 0.2) is 71.6 Å². The van der Waals surface area contributed by atoms with E-state index in [4.69, 9.17) is 9.47 Å². The van der Waals surface area contributed by atoms with Crippen LogP contribution in [-0.2, 0) is 26.0 Å². The van der Waals surface area contributed by atoms with Crippen molar-refractivity contribution in [3.05, 3.63) is 94.5 Å². The van der Waals surface area contributed by atoms with Crippen molar-refractivity contribution in [2.75, 3.05) is 45.7 Å². The lowest BCUT2D eigenvalue weighted by molar-refractivity contribution is 0.0598. The summed E-state index contributed by atoms with van der Waals surface area (Å²) in [6, 6.07) is 18.1. The van der Waals surface area contributed by atoms with Gasteiger partial charge in [0.25, 0.3) is 5.91 Å². The Morgan fingerprint density at radius 3 is 1.85 bits per heavy atom. The van der Waals surface area contributed by atoms with Crippen molar-refractivity contribution in [1.29, 1.82) is 0 Å². The summed E-state index contributed by atoms with van der Waals surface area (Å²) in [5.74, 6) is -1.72. The summed E-state index contributed by atoms with van der Waals surface area (Å²) in [6.45, 7) is 4.51. The highest BCUT2D eigenvalue weighted by Gasteiger charge is 2.28. The summed E-state index contributed by atoms with van der Waals surface area (Å²) in [5.41, 5.74) is 2.82. The Morgan fingerprint density at radius 1 is 0.775 bits per heavy atom. The number of esters is 2. The molecule has 0 aliphatic carbocycles. The summed E-state index contributed by atoms with van der Waals surface area (Å²) in [6.07, 6.45) is 0. The standard InChI is InChI=1S/C29H31N3O7S/c1-20-4-10-26(11-5-20)40(36,37)32-14-12-31(13-15-32)19-21-6-8-22(9-7-21)27(33)30-25-17-23(28(34)38-2)16-24(18-25)29(35)39-3/h4-11,16-18H,12-15,19H2,1-3H3,(H,30,33). The van der Waals surface area contributed by atoms with Crippen molar-refractivity contribution in [3.8, 4) is 0 Å². The minimum Gasteiger partial charge on any atom is -0.465 e. The number of hydrogen-bond acceptors (Lipinski definition) is 8. The third-order valence-corrected chi connectivity index (χ3v) is 8.56. The maximum Gasteiger partial charge on any atom is 0.337 e. The van der Waals surface area contributed by atoms with Gasteiger partial charge in [-0.25, -0.2) is 18.0 Å². The molecule has 40 heavy (non-hydrogen) atoms. The molecule has 0 bridgehead atoms. The highest BCUT2D eigenvalue weighted by Crippen LogP contribution is 2.21. The summed E-state index contributed by atoms with van der Waals surface area (Å²) in [5, 5.41) is 2.71. The van der Waals surface area contributed by atoms with Gasteiger partial charge in [-0.1, -0.05) is 29.8 Å². The highest BCUT2D eigenvalue weighted by atomic mass is 32.2. The molecule has 1 fully saturated rings. The Hall–Kier alpha value is -4.06. The van der Waals surface area contributed by atoms with Gasteiger partial charge in [-0.05, 0) is 55.0 Å². The molecule has 1 heterocycles. The molecule has 11 heteroatoms. The topological polar surface area (TPSA) is 122 Å². The fourth-order valence-corrected chi connectivity index (χ4v) is 5.80. The number of benzene rings is 3. The Labute approximate surface area is 233 Å². The lowest BCUT2D eigenvalue weighted by Crippen LogP contribution is -2.48. The second-order valence-corrected chi connectivity index (χ2v) is 11.4. The van der Waals surface area contributed by atoms with Gasteiger partial charge in [0, 0.05) is 44.0 Å². The quantitative estimate of drug-likeness (QED) is 0.413. The van der Waals surface area contributed by atoms with E-state index < -0.39 is 27.9 Å². The van der Waals surface area contributed by atoms with E-state index in [0.717, 1.165) is 11.1 Å². The number of carbonyl (C=O) groups excluding carboxylic acids is 3. The second-order valence-electron chi connectivity index (χ2n) is 9.43. The Morgan fingerprint density at radius 2 is 1.32 bits per heavy atom. The van der Waals surface area contributed by atoms with E-state index in [9.17, 15) is 22.8 Å². The summed E-state index contributed by atoms with van der Waals surface area (Å²) >= 11 is 0. The zero-order valence-corrected chi connectivity index (χ0v) is 23.4. The van der Waals surface area contributed by atoms with Gasteiger partial charge in [0.2, 0.25) is 10.0 Å². The molecule has 1 aliphatic rings. The fraction of sp³-hybridized carbons (Fsp3) is 0.276. The van der Waals surface area contributed by atoms with E-state index in [1.165, 1.54) is 36.7 Å². The van der Waals surface area contributed by atoms with Crippen molar-refractivity contribution in [1.82, 2.24) is 9.21 Å². The molecule has 0 saturated carbocycles. The lowest BCUT2D eigenvalue weighted by atomic mass is 10.1. The molecule has 4 rings (SSSR count). The SMILES string of the molecule is COC(=O)c1cc(NC(=O)c2ccc(CN3CCN(S(=O)(=O)c4ccc(C)cc4)CC3)cc2)cc(C(=O)OC)c1. The van der Waals surface area contributed by atoms with Crippen LogP contribution in [0.1, 0.15) is 42.2 Å². The van der Waals surface area contributed by atoms with Crippen molar-refractivity contribution in [3.63, 3.8) is 0 Å². The number of aryl methyl sites for hydroxylation is 1. The monoisotopic (exact) mass is 565 g/mol. The Bertz CT molecular complexity index is 1460. The van der Waals surface area contributed by atoms with E-state index in [1.54, 1.807) is 36.4 Å². The minimum atomic E-state index is -3.52. The van der Waals surface area contributed by atoms with Crippen molar-refractivity contribution < 1.29 is 32.3 Å². The molecule has 1 N–H and O–H groups in total. The number of ether oxygens (including phenoxy) is 2. The van der Waals surface area contributed by atoms with Gasteiger partial charge in [-0.15, -0.1) is 0 Å². The first-order valence-corrected chi connectivity index (χ1v) is 14.1. The molecule has 10 nitrogen and oxygen atoms in total. The first-order chi connectivity index (χ1) is 19.1. The van der Waals surface area contributed by atoms with E-state index in [1.807, 2.05) is 19.1 Å². The minimum absolute atomic E-state index is 0.0998. The maximum absolute atomic E-state index is 13.0. The predicted octanol–water partition coefficient (Wildman–Crippen LogP) is 3.33. The van der Waals surface area contributed by atoms with Gasteiger partial charge >= 0.3 is 11.9 Å². The summed E-state index contributed by atoms with van der Waals surface area (Å²) < 4.78 is 36.9. The lowest BCUT2D eigenvalue weighted by Gasteiger charge is -2.34. The van der Waals surface area contributed by atoms with Crippen LogP contribution in [0.2, 0.25) is 0 Å². The van der Waals surface area contributed by atoms with Crippen molar-refractivity contribution in [2.24, 2.45) is 0 Å². The number of nitrogens with one attached hydrogen (secondary N) is 1. The number of amides is 1. The number of nitrogens with zero attached hydrogens (tertiary/aromatic N) is 2. The second kappa shape index (κ2) is 12.4. The van der Waals surface area contributed by atoms with Crippen LogP contribution < -0.4 is 5.32 Å². The normalized spacial score (nSPS) is 14.4. The van der Waals surface area contributed by atoms with Gasteiger partial charge in [0.05, 0.1) is 30.2 Å². The number of carbonyl (C=O) groups is 3. The molecule has 3 aromatic carbocycles. The Balaban J connectivity index is 1.36. The smallest absolute Gasteiger partial charge is 0.337 e. The maximum atomic E-state index is 13.0. The van der Waals surface area contributed by atoms with E-state index >= 15 is 0 Å². The average Bonchev–Trinajstić information content (AvgIpc) is 2.97. The molecule has 1 saturated heterocycles. The molecule has 1 aliphatic heterocycles. The van der Waals surface area contributed by atoms with Gasteiger partial charge in [-0.2, -0.15) is 4.31 Å². The highest BCUT2D eigenvalue weighted by molar-refractivity contribution is 7.89. The molecule has 0 aromatic heterocycles. The van der Waals surface area contributed by atoms with E-state index in [0.29, 0.717) is 43.2 Å². The number of anilines is 1. The predicted molar refractivity (Wildman–Crippen MR) is 149 cm³/mol. The number of hydrogen-bond donors (Lipinski definition) is 1. The zero-order valence-electron chi connectivity index (χ0n) is 22.5. The number of methoxy groups -OCH3 is 2. The van der Waals surface area contributed by atoms with Crippen LogP contribution in [0.3, 0.4) is 0 Å². The third-order valence-electron chi connectivity index (χ3n) is 6.65. The molecule has 0 spiro atoms. The summed E-state index contributed by atoms with van der Waals surface area (Å²) in [4.78, 5) is 39.4. The van der Waals surface area contributed by atoms with Gasteiger partial charge in [0.1, 0.15) is 0 Å². The molecule has 0 radical (unpaired) electrons. The number of rotatable bonds is 8. The first-order valence-electron chi connectivity index (χ1n) is 12.6. The van der Waals surface area contributed by atoms with Crippen LogP contribution in [0.25, 0.3) is 0 Å². The van der Waals surface area contributed by atoms with Crippen LogP contribution in [0.4, 0.5) is 5.69 Å². The van der Waals surface area contributed by atoms with Crippen molar-refractivity contribution >= 4 is 33.6 Å². The number of piperazine rings is 1. The average molecular weight is 566 g/mol. The molecule has 0 unspecified atom stereocenters. The van der Waals surface area contributed by atoms with Crippen LogP contribution in [-0.4, -0.2) is 75.9 Å². The number of sulfonamides is 1. The molecule has 3 aromatic rings. The molecular weight excluding hydrogens is 534 g/mol.